The quantitative estimate of drug-likeness (QED) is 0.681. The fourth-order valence-electron chi connectivity index (χ4n) is 3.03. The zero-order chi connectivity index (χ0) is 13.8. The number of nitrogens with zero attached hydrogens (tertiary/aromatic N) is 2. The van der Waals surface area contributed by atoms with Crippen LogP contribution in [0.4, 0.5) is 0 Å². The molecule has 0 aromatic carbocycles. The molecule has 2 rings (SSSR count). The molecule has 2 aliphatic rings. The molecule has 0 bridgehead atoms. The molecule has 2 heterocycles. The van der Waals surface area contributed by atoms with Crippen LogP contribution in [0.25, 0.3) is 0 Å². The van der Waals surface area contributed by atoms with Crippen LogP contribution in [0.1, 0.15) is 25.7 Å². The van der Waals surface area contributed by atoms with Crippen molar-refractivity contribution in [1.82, 2.24) is 9.80 Å². The third-order valence-electron chi connectivity index (χ3n) is 4.04. The molecule has 2 atom stereocenters. The number of carbonyl (C=O) groups is 2. The van der Waals surface area contributed by atoms with Gasteiger partial charge in [0.2, 0.25) is 0 Å². The molecule has 0 amide bonds. The highest BCUT2D eigenvalue weighted by Gasteiger charge is 2.37. The highest BCUT2D eigenvalue weighted by atomic mass is 16.5. The summed E-state index contributed by atoms with van der Waals surface area (Å²) in [4.78, 5) is 27.6. The van der Waals surface area contributed by atoms with Gasteiger partial charge in [0, 0.05) is 13.1 Å². The van der Waals surface area contributed by atoms with Gasteiger partial charge in [-0.2, -0.15) is 0 Å². The lowest BCUT2D eigenvalue weighted by molar-refractivity contribution is -0.148. The Morgan fingerprint density at radius 1 is 0.947 bits per heavy atom. The van der Waals surface area contributed by atoms with E-state index in [2.05, 4.69) is 9.80 Å². The predicted octanol–water partition coefficient (Wildman–Crippen LogP) is 0.219. The molecule has 0 radical (unpaired) electrons. The number of ether oxygens (including phenoxy) is 2. The van der Waals surface area contributed by atoms with Gasteiger partial charge in [-0.25, -0.2) is 0 Å². The molecule has 2 saturated heterocycles. The highest BCUT2D eigenvalue weighted by molar-refractivity contribution is 5.76. The van der Waals surface area contributed by atoms with Gasteiger partial charge in [0.1, 0.15) is 12.1 Å². The minimum absolute atomic E-state index is 0.163. The van der Waals surface area contributed by atoms with Crippen LogP contribution >= 0.6 is 0 Å². The topological polar surface area (TPSA) is 59.1 Å². The van der Waals surface area contributed by atoms with E-state index in [-0.39, 0.29) is 24.0 Å². The van der Waals surface area contributed by atoms with E-state index in [1.54, 1.807) is 0 Å². The van der Waals surface area contributed by atoms with E-state index in [9.17, 15) is 9.59 Å². The SMILES string of the molecule is COC(=O)[C@@H]1CCCN1CN1CCC[C@H]1C(=O)OC. The van der Waals surface area contributed by atoms with Gasteiger partial charge in [0.05, 0.1) is 20.9 Å². The maximum absolute atomic E-state index is 11.7. The Bertz CT molecular complexity index is 316. The number of rotatable bonds is 4. The first kappa shape index (κ1) is 14.3. The molecule has 0 aliphatic carbocycles. The summed E-state index contributed by atoms with van der Waals surface area (Å²) < 4.78 is 9.67. The second-order valence-electron chi connectivity index (χ2n) is 5.13. The number of carbonyl (C=O) groups excluding carboxylic acids is 2. The van der Waals surface area contributed by atoms with Crippen molar-refractivity contribution in [2.45, 2.75) is 37.8 Å². The lowest BCUT2D eigenvalue weighted by Gasteiger charge is -2.30. The van der Waals surface area contributed by atoms with E-state index in [1.807, 2.05) is 0 Å². The van der Waals surface area contributed by atoms with E-state index in [4.69, 9.17) is 9.47 Å². The summed E-state index contributed by atoms with van der Waals surface area (Å²) in [5.74, 6) is -0.349. The smallest absolute Gasteiger partial charge is 0.323 e. The lowest BCUT2D eigenvalue weighted by Crippen LogP contribution is -2.47. The number of hydrogen-bond donors (Lipinski definition) is 0. The zero-order valence-corrected chi connectivity index (χ0v) is 11.6. The summed E-state index contributed by atoms with van der Waals surface area (Å²) in [6.07, 6.45) is 3.67. The maximum Gasteiger partial charge on any atom is 0.323 e. The van der Waals surface area contributed by atoms with Crippen LogP contribution in [0.5, 0.6) is 0 Å². The molecule has 2 aliphatic heterocycles. The molecule has 0 spiro atoms. The first-order chi connectivity index (χ1) is 9.17. The monoisotopic (exact) mass is 270 g/mol. The van der Waals surface area contributed by atoms with Crippen molar-refractivity contribution in [3.63, 3.8) is 0 Å². The first-order valence-electron chi connectivity index (χ1n) is 6.81. The van der Waals surface area contributed by atoms with E-state index >= 15 is 0 Å². The maximum atomic E-state index is 11.7. The van der Waals surface area contributed by atoms with E-state index in [0.717, 1.165) is 38.8 Å². The summed E-state index contributed by atoms with van der Waals surface area (Å²) in [5.41, 5.74) is 0. The second kappa shape index (κ2) is 6.34. The van der Waals surface area contributed by atoms with Crippen molar-refractivity contribution in [3.05, 3.63) is 0 Å². The normalized spacial score (nSPS) is 28.5. The van der Waals surface area contributed by atoms with Gasteiger partial charge in [-0.1, -0.05) is 0 Å². The standard InChI is InChI=1S/C13H22N2O4/c1-18-12(16)10-5-3-7-14(10)9-15-8-4-6-11(15)13(17)19-2/h10-11H,3-9H2,1-2H3/t10-,11-/m0/s1. The Labute approximate surface area is 113 Å². The third kappa shape index (κ3) is 3.06. The molecule has 0 aromatic heterocycles. The van der Waals surface area contributed by atoms with Gasteiger partial charge < -0.3 is 9.47 Å². The molecule has 0 aromatic rings. The molecule has 0 saturated carbocycles. The minimum atomic E-state index is -0.175. The Balaban J connectivity index is 1.96. The third-order valence-corrected chi connectivity index (χ3v) is 4.04. The highest BCUT2D eigenvalue weighted by Crippen LogP contribution is 2.23. The average Bonchev–Trinajstić information content (AvgIpc) is 3.06. The molecule has 6 heteroatoms. The van der Waals surface area contributed by atoms with Crippen LogP contribution in [0.2, 0.25) is 0 Å². The van der Waals surface area contributed by atoms with E-state index in [1.165, 1.54) is 14.2 Å². The number of hydrogen-bond acceptors (Lipinski definition) is 6. The van der Waals surface area contributed by atoms with Crippen molar-refractivity contribution in [2.24, 2.45) is 0 Å². The minimum Gasteiger partial charge on any atom is -0.468 e. The van der Waals surface area contributed by atoms with Gasteiger partial charge >= 0.3 is 11.9 Å². The predicted molar refractivity (Wildman–Crippen MR) is 68.4 cm³/mol. The van der Waals surface area contributed by atoms with Gasteiger partial charge in [-0.05, 0) is 25.7 Å². The molecule has 2 fully saturated rings. The van der Waals surface area contributed by atoms with Crippen LogP contribution in [-0.4, -0.2) is 67.8 Å². The molecule has 0 unspecified atom stereocenters. The van der Waals surface area contributed by atoms with Gasteiger partial charge in [-0.3, -0.25) is 19.4 Å². The second-order valence-corrected chi connectivity index (χ2v) is 5.13. The average molecular weight is 270 g/mol. The molecular weight excluding hydrogens is 248 g/mol. The number of methoxy groups -OCH3 is 2. The summed E-state index contributed by atoms with van der Waals surface area (Å²) in [6.45, 7) is 2.40. The molecule has 0 N–H and O–H groups in total. The number of likely N-dealkylation sites (tertiary alicyclic amines) is 2. The van der Waals surface area contributed by atoms with E-state index < -0.39 is 0 Å². The van der Waals surface area contributed by atoms with Gasteiger partial charge in [0.15, 0.2) is 0 Å². The van der Waals surface area contributed by atoms with Gasteiger partial charge in [0.25, 0.3) is 0 Å². The largest absolute Gasteiger partial charge is 0.468 e. The van der Waals surface area contributed by atoms with Crippen LogP contribution in [0.15, 0.2) is 0 Å². The summed E-state index contributed by atoms with van der Waals surface area (Å²) in [7, 11) is 2.85. The Morgan fingerprint density at radius 3 is 1.74 bits per heavy atom. The fraction of sp³-hybridized carbons (Fsp3) is 0.846. The van der Waals surface area contributed by atoms with Crippen LogP contribution in [0.3, 0.4) is 0 Å². The Hall–Kier alpha value is -1.14. The van der Waals surface area contributed by atoms with Crippen LogP contribution in [0, 0.1) is 0 Å². The number of esters is 2. The Kier molecular flexibility index (Phi) is 4.76. The van der Waals surface area contributed by atoms with Gasteiger partial charge in [-0.15, -0.1) is 0 Å². The van der Waals surface area contributed by atoms with Crippen molar-refractivity contribution in [2.75, 3.05) is 34.0 Å². The summed E-state index contributed by atoms with van der Waals surface area (Å²) >= 11 is 0. The summed E-state index contributed by atoms with van der Waals surface area (Å²) in [6, 6.07) is -0.326. The molecular formula is C13H22N2O4. The Morgan fingerprint density at radius 2 is 1.37 bits per heavy atom. The van der Waals surface area contributed by atoms with Crippen LogP contribution < -0.4 is 0 Å². The van der Waals surface area contributed by atoms with E-state index in [0.29, 0.717) is 6.67 Å². The molecule has 19 heavy (non-hydrogen) atoms. The first-order valence-corrected chi connectivity index (χ1v) is 6.81. The van der Waals surface area contributed by atoms with Crippen molar-refractivity contribution in [3.8, 4) is 0 Å². The zero-order valence-electron chi connectivity index (χ0n) is 11.6. The molecule has 108 valence electrons. The van der Waals surface area contributed by atoms with Crippen LogP contribution in [-0.2, 0) is 19.1 Å². The molecule has 6 nitrogen and oxygen atoms in total. The lowest BCUT2D eigenvalue weighted by atomic mass is 10.2. The van der Waals surface area contributed by atoms with Crippen molar-refractivity contribution < 1.29 is 19.1 Å². The summed E-state index contributed by atoms with van der Waals surface area (Å²) in [5, 5.41) is 0. The fourth-order valence-corrected chi connectivity index (χ4v) is 3.03. The van der Waals surface area contributed by atoms with Crippen molar-refractivity contribution >= 4 is 11.9 Å². The van der Waals surface area contributed by atoms with Crippen molar-refractivity contribution in [1.29, 1.82) is 0 Å².